The Kier molecular flexibility index (Phi) is 5.06. The second-order valence-corrected chi connectivity index (χ2v) is 6.89. The van der Waals surface area contributed by atoms with Crippen LogP contribution in [0.2, 0.25) is 0 Å². The minimum atomic E-state index is -0.334. The van der Waals surface area contributed by atoms with E-state index in [1.54, 1.807) is 12.1 Å². The molecule has 1 aliphatic heterocycles. The van der Waals surface area contributed by atoms with Crippen molar-refractivity contribution >= 4 is 5.91 Å². The lowest BCUT2D eigenvalue weighted by atomic mass is 10.0. The number of carbonyl (C=O) groups is 1. The van der Waals surface area contributed by atoms with Crippen LogP contribution in [0, 0.1) is 12.7 Å². The number of hydrogen-bond acceptors (Lipinski definition) is 5. The quantitative estimate of drug-likeness (QED) is 0.733. The summed E-state index contributed by atoms with van der Waals surface area (Å²) in [5.41, 5.74) is 3.06. The van der Waals surface area contributed by atoms with E-state index >= 15 is 0 Å². The van der Waals surface area contributed by atoms with Gasteiger partial charge in [0.2, 0.25) is 5.91 Å². The first kappa shape index (κ1) is 18.2. The molecule has 0 radical (unpaired) electrons. The molecule has 1 atom stereocenters. The lowest BCUT2D eigenvalue weighted by Crippen LogP contribution is -2.25. The maximum atomic E-state index is 13.2. The molecule has 7 heteroatoms. The first-order chi connectivity index (χ1) is 13.6. The highest BCUT2D eigenvalue weighted by molar-refractivity contribution is 5.77. The Morgan fingerprint density at radius 3 is 3.04 bits per heavy atom. The summed E-state index contributed by atoms with van der Waals surface area (Å²) in [7, 11) is 0. The van der Waals surface area contributed by atoms with Gasteiger partial charge in [-0.1, -0.05) is 35.0 Å². The molecule has 1 aromatic heterocycles. The fourth-order valence-corrected chi connectivity index (χ4v) is 3.21. The molecule has 1 aliphatic rings. The molecule has 2 aromatic carbocycles. The monoisotopic (exact) mass is 381 g/mol. The van der Waals surface area contributed by atoms with Gasteiger partial charge in [-0.2, -0.15) is 4.98 Å². The van der Waals surface area contributed by atoms with E-state index in [4.69, 9.17) is 9.26 Å². The number of hydrogen-bond donors (Lipinski definition) is 1. The molecule has 0 fully saturated rings. The predicted octanol–water partition coefficient (Wildman–Crippen LogP) is 3.44. The van der Waals surface area contributed by atoms with Gasteiger partial charge in [0.25, 0.3) is 5.89 Å². The lowest BCUT2D eigenvalue weighted by Gasteiger charge is -2.23. The van der Waals surface area contributed by atoms with Crippen LogP contribution in [0.1, 0.15) is 40.9 Å². The zero-order chi connectivity index (χ0) is 19.5. The van der Waals surface area contributed by atoms with E-state index < -0.39 is 0 Å². The van der Waals surface area contributed by atoms with Gasteiger partial charge in [0.1, 0.15) is 11.6 Å². The van der Waals surface area contributed by atoms with Crippen LogP contribution in [0.3, 0.4) is 0 Å². The third-order valence-electron chi connectivity index (χ3n) is 4.62. The normalized spacial score (nSPS) is 15.6. The zero-order valence-corrected chi connectivity index (χ0v) is 15.4. The number of carbonyl (C=O) groups excluding carboxylic acids is 1. The Bertz CT molecular complexity index is 1000. The minimum Gasteiger partial charge on any atom is -0.480 e. The molecule has 0 bridgehead atoms. The Morgan fingerprint density at radius 2 is 2.18 bits per heavy atom. The molecular formula is C21H20FN3O3. The molecule has 1 N–H and O–H groups in total. The number of amides is 1. The summed E-state index contributed by atoms with van der Waals surface area (Å²) < 4.78 is 24.5. The van der Waals surface area contributed by atoms with Crippen LogP contribution < -0.4 is 10.1 Å². The van der Waals surface area contributed by atoms with Crippen molar-refractivity contribution in [1.82, 2.24) is 15.5 Å². The highest BCUT2D eigenvalue weighted by Crippen LogP contribution is 2.34. The van der Waals surface area contributed by atoms with Crippen LogP contribution >= 0.6 is 0 Å². The number of nitrogens with one attached hydrogen (secondary N) is 1. The van der Waals surface area contributed by atoms with E-state index in [0.29, 0.717) is 17.3 Å². The number of rotatable bonds is 5. The smallest absolute Gasteiger partial charge is 0.267 e. The van der Waals surface area contributed by atoms with Crippen molar-refractivity contribution in [2.24, 2.45) is 0 Å². The first-order valence-corrected chi connectivity index (χ1v) is 9.16. The summed E-state index contributed by atoms with van der Waals surface area (Å²) in [6.45, 7) is 2.29. The van der Waals surface area contributed by atoms with Crippen molar-refractivity contribution < 1.29 is 18.4 Å². The molecular weight excluding hydrogens is 361 g/mol. The van der Waals surface area contributed by atoms with Gasteiger partial charge in [-0.15, -0.1) is 0 Å². The number of halogens is 1. The molecule has 2 heterocycles. The van der Waals surface area contributed by atoms with Gasteiger partial charge in [-0.25, -0.2) is 4.39 Å². The van der Waals surface area contributed by atoms with Gasteiger partial charge in [0.15, 0.2) is 11.9 Å². The Morgan fingerprint density at radius 1 is 1.29 bits per heavy atom. The molecule has 3 aromatic rings. The van der Waals surface area contributed by atoms with Crippen LogP contribution in [0.15, 0.2) is 47.0 Å². The Balaban J connectivity index is 1.34. The number of aryl methyl sites for hydroxylation is 2. The maximum absolute atomic E-state index is 13.2. The average molecular weight is 381 g/mol. The molecule has 144 valence electrons. The van der Waals surface area contributed by atoms with E-state index in [0.717, 1.165) is 18.6 Å². The highest BCUT2D eigenvalue weighted by atomic mass is 19.1. The molecule has 0 saturated carbocycles. The predicted molar refractivity (Wildman–Crippen MR) is 99.1 cm³/mol. The average Bonchev–Trinajstić information content (AvgIpc) is 3.14. The lowest BCUT2D eigenvalue weighted by molar-refractivity contribution is -0.120. The third-order valence-corrected chi connectivity index (χ3v) is 4.62. The van der Waals surface area contributed by atoms with Gasteiger partial charge in [-0.05, 0) is 49.1 Å². The van der Waals surface area contributed by atoms with E-state index in [1.807, 2.05) is 12.1 Å². The fourth-order valence-electron chi connectivity index (χ4n) is 3.21. The number of ether oxygens (including phenoxy) is 1. The minimum absolute atomic E-state index is 0.0126. The van der Waals surface area contributed by atoms with Gasteiger partial charge >= 0.3 is 0 Å². The van der Waals surface area contributed by atoms with Gasteiger partial charge in [-0.3, -0.25) is 4.79 Å². The highest BCUT2D eigenvalue weighted by Gasteiger charge is 2.26. The van der Waals surface area contributed by atoms with Crippen molar-refractivity contribution in [3.8, 4) is 5.75 Å². The summed E-state index contributed by atoms with van der Waals surface area (Å²) in [6.07, 6.45) is 1.28. The SMILES string of the molecule is Cc1ccc2c(c1)CCC(c1nc(CC(=O)NCc3cccc(F)c3)no1)O2. The summed E-state index contributed by atoms with van der Waals surface area (Å²) in [5.74, 6) is 0.902. The van der Waals surface area contributed by atoms with Crippen molar-refractivity contribution in [2.75, 3.05) is 0 Å². The summed E-state index contributed by atoms with van der Waals surface area (Å²) in [5, 5.41) is 6.61. The zero-order valence-electron chi connectivity index (χ0n) is 15.4. The second-order valence-electron chi connectivity index (χ2n) is 6.89. The molecule has 0 saturated heterocycles. The van der Waals surface area contributed by atoms with Crippen molar-refractivity contribution in [3.63, 3.8) is 0 Å². The third kappa shape index (κ3) is 4.19. The topological polar surface area (TPSA) is 77.3 Å². The van der Waals surface area contributed by atoms with Gasteiger partial charge < -0.3 is 14.6 Å². The molecule has 6 nitrogen and oxygen atoms in total. The molecule has 0 spiro atoms. The second kappa shape index (κ2) is 7.80. The number of fused-ring (bicyclic) bond motifs is 1. The summed E-state index contributed by atoms with van der Waals surface area (Å²) in [6, 6.07) is 12.2. The largest absolute Gasteiger partial charge is 0.480 e. The van der Waals surface area contributed by atoms with Gasteiger partial charge in [0.05, 0.1) is 6.42 Å². The van der Waals surface area contributed by atoms with Gasteiger partial charge in [0, 0.05) is 6.54 Å². The number of nitrogens with zero attached hydrogens (tertiary/aromatic N) is 2. The Labute approximate surface area is 161 Å². The van der Waals surface area contributed by atoms with Crippen LogP contribution in [0.25, 0.3) is 0 Å². The summed E-state index contributed by atoms with van der Waals surface area (Å²) >= 11 is 0. The van der Waals surface area contributed by atoms with E-state index in [2.05, 4.69) is 28.4 Å². The maximum Gasteiger partial charge on any atom is 0.267 e. The number of benzene rings is 2. The van der Waals surface area contributed by atoms with Crippen LogP contribution in [-0.2, 0) is 24.2 Å². The Hall–Kier alpha value is -3.22. The summed E-state index contributed by atoms with van der Waals surface area (Å²) in [4.78, 5) is 16.4. The van der Waals surface area contributed by atoms with Crippen LogP contribution in [0.4, 0.5) is 4.39 Å². The molecule has 28 heavy (non-hydrogen) atoms. The van der Waals surface area contributed by atoms with E-state index in [1.165, 1.54) is 23.3 Å². The van der Waals surface area contributed by atoms with Crippen LogP contribution in [-0.4, -0.2) is 16.0 Å². The first-order valence-electron chi connectivity index (χ1n) is 9.16. The fraction of sp³-hybridized carbons (Fsp3) is 0.286. The van der Waals surface area contributed by atoms with Crippen LogP contribution in [0.5, 0.6) is 5.75 Å². The standard InChI is InChI=1S/C21H20FN3O3/c1-13-5-7-17-15(9-13)6-8-18(27-17)21-24-19(25-28-21)11-20(26)23-12-14-3-2-4-16(22)10-14/h2-5,7,9-10,18H,6,8,11-12H2,1H3,(H,23,26). The van der Waals surface area contributed by atoms with E-state index in [9.17, 15) is 9.18 Å². The molecule has 1 amide bonds. The van der Waals surface area contributed by atoms with E-state index in [-0.39, 0.29) is 30.8 Å². The molecule has 4 rings (SSSR count). The van der Waals surface area contributed by atoms with Crippen molar-refractivity contribution in [1.29, 1.82) is 0 Å². The molecule has 0 aliphatic carbocycles. The van der Waals surface area contributed by atoms with Crippen molar-refractivity contribution in [3.05, 3.63) is 76.7 Å². The molecule has 1 unspecified atom stereocenters. The number of aromatic nitrogens is 2. The van der Waals surface area contributed by atoms with Crippen molar-refractivity contribution in [2.45, 2.75) is 38.8 Å².